The highest BCUT2D eigenvalue weighted by Crippen LogP contribution is 2.38. The van der Waals surface area contributed by atoms with E-state index in [1.165, 1.54) is 0 Å². The minimum absolute atomic E-state index is 0.00932. The van der Waals surface area contributed by atoms with E-state index in [-0.39, 0.29) is 60.0 Å². The summed E-state index contributed by atoms with van der Waals surface area (Å²) in [5, 5.41) is 19.1. The second-order valence-corrected chi connectivity index (χ2v) is 8.68. The van der Waals surface area contributed by atoms with Crippen LogP contribution in [0.5, 0.6) is 0 Å². The van der Waals surface area contributed by atoms with Gasteiger partial charge < -0.3 is 15.2 Å². The summed E-state index contributed by atoms with van der Waals surface area (Å²) in [4.78, 5) is 41.0. The molecule has 0 aliphatic carbocycles. The predicted octanol–water partition coefficient (Wildman–Crippen LogP) is 4.05. The minimum Gasteiger partial charge on any atom is -0.466 e. The van der Waals surface area contributed by atoms with Gasteiger partial charge in [0.25, 0.3) is 0 Å². The second kappa shape index (κ2) is 13.3. The zero-order valence-corrected chi connectivity index (χ0v) is 20.7. The SMILES string of the molecule is CCOC(=O)CCC(=O)C(CC(=O)OCC)Sc1nc(N)c(C#N)c(-c2cccc(Cl)c2)c1C#N. The number of anilines is 1. The smallest absolute Gasteiger partial charge is 0.307 e. The van der Waals surface area contributed by atoms with E-state index in [1.807, 2.05) is 12.1 Å². The Kier molecular flexibility index (Phi) is 10.5. The average Bonchev–Trinajstić information content (AvgIpc) is 2.82. The van der Waals surface area contributed by atoms with E-state index < -0.39 is 23.0 Å². The molecule has 0 amide bonds. The number of rotatable bonds is 11. The van der Waals surface area contributed by atoms with Gasteiger partial charge in [0.1, 0.15) is 34.3 Å². The number of thioether (sulfide) groups is 1. The standard InChI is InChI=1S/C24H23ClN4O5S/c1-3-33-20(31)9-8-18(30)19(11-21(32)34-4-2)35-24-17(13-27)22(16(12-26)23(28)29-24)14-6-5-7-15(25)10-14/h5-7,10,19H,3-4,8-9,11H2,1-2H3,(H2,28,29). The van der Waals surface area contributed by atoms with E-state index in [1.54, 1.807) is 38.1 Å². The molecule has 0 saturated heterocycles. The van der Waals surface area contributed by atoms with E-state index in [4.69, 9.17) is 26.8 Å². The van der Waals surface area contributed by atoms with Gasteiger partial charge in [0.05, 0.1) is 36.9 Å². The van der Waals surface area contributed by atoms with Crippen molar-refractivity contribution < 1.29 is 23.9 Å². The van der Waals surface area contributed by atoms with Crippen LogP contribution in [0.4, 0.5) is 5.82 Å². The highest BCUT2D eigenvalue weighted by molar-refractivity contribution is 8.00. The third-order valence-corrected chi connectivity index (χ3v) is 6.15. The second-order valence-electron chi connectivity index (χ2n) is 7.05. The molecule has 0 bridgehead atoms. The fourth-order valence-corrected chi connectivity index (χ4v) is 4.51. The summed E-state index contributed by atoms with van der Waals surface area (Å²) in [5.74, 6) is -1.72. The normalized spacial score (nSPS) is 11.1. The number of carbonyl (C=O) groups excluding carboxylic acids is 3. The van der Waals surface area contributed by atoms with Gasteiger partial charge in [0.2, 0.25) is 0 Å². The number of nitrogens with two attached hydrogens (primary N) is 1. The number of pyridine rings is 1. The average molecular weight is 515 g/mol. The molecular weight excluding hydrogens is 492 g/mol. The van der Waals surface area contributed by atoms with Crippen LogP contribution in [0, 0.1) is 22.7 Å². The van der Waals surface area contributed by atoms with Crippen molar-refractivity contribution in [1.82, 2.24) is 4.98 Å². The van der Waals surface area contributed by atoms with Crippen LogP contribution in [0.2, 0.25) is 5.02 Å². The monoisotopic (exact) mass is 514 g/mol. The molecule has 35 heavy (non-hydrogen) atoms. The number of hydrogen-bond donors (Lipinski definition) is 1. The molecule has 0 spiro atoms. The Morgan fingerprint density at radius 2 is 1.74 bits per heavy atom. The van der Waals surface area contributed by atoms with Crippen LogP contribution < -0.4 is 5.73 Å². The van der Waals surface area contributed by atoms with Gasteiger partial charge in [-0.15, -0.1) is 0 Å². The first-order valence-corrected chi connectivity index (χ1v) is 11.9. The number of halogens is 1. The Morgan fingerprint density at radius 1 is 1.09 bits per heavy atom. The molecule has 2 N–H and O–H groups in total. The van der Waals surface area contributed by atoms with Crippen molar-refractivity contribution in [3.8, 4) is 23.3 Å². The molecule has 2 rings (SSSR count). The number of Topliss-reactive ketones (excluding diaryl/α,β-unsaturated/α-hetero) is 1. The lowest BCUT2D eigenvalue weighted by Gasteiger charge is -2.18. The van der Waals surface area contributed by atoms with Gasteiger partial charge in [-0.3, -0.25) is 14.4 Å². The third-order valence-electron chi connectivity index (χ3n) is 4.68. The molecule has 1 aromatic heterocycles. The number of benzene rings is 1. The molecule has 0 saturated carbocycles. The fourth-order valence-electron chi connectivity index (χ4n) is 3.16. The van der Waals surface area contributed by atoms with Gasteiger partial charge in [-0.2, -0.15) is 10.5 Å². The zero-order chi connectivity index (χ0) is 26.0. The molecule has 1 unspecified atom stereocenters. The van der Waals surface area contributed by atoms with Gasteiger partial charge in [0.15, 0.2) is 0 Å². The summed E-state index contributed by atoms with van der Waals surface area (Å²) in [6.07, 6.45) is -0.641. The molecule has 0 fully saturated rings. The first kappa shape index (κ1) is 27.6. The lowest BCUT2D eigenvalue weighted by molar-refractivity contribution is -0.144. The Bertz CT molecular complexity index is 1210. The van der Waals surface area contributed by atoms with Crippen molar-refractivity contribution in [3.63, 3.8) is 0 Å². The van der Waals surface area contributed by atoms with Crippen LogP contribution in [0.25, 0.3) is 11.1 Å². The topological polar surface area (TPSA) is 156 Å². The quantitative estimate of drug-likeness (QED) is 0.342. The van der Waals surface area contributed by atoms with Crippen molar-refractivity contribution >= 4 is 46.9 Å². The molecule has 0 aliphatic rings. The third kappa shape index (κ3) is 7.44. The molecular formula is C24H23ClN4O5S. The number of nitrogens with zero attached hydrogens (tertiary/aromatic N) is 3. The Hall–Kier alpha value is -3.60. The van der Waals surface area contributed by atoms with Gasteiger partial charge in [-0.1, -0.05) is 35.5 Å². The summed E-state index contributed by atoms with van der Waals surface area (Å²) in [6.45, 7) is 3.59. The van der Waals surface area contributed by atoms with Gasteiger partial charge >= 0.3 is 11.9 Å². The molecule has 9 nitrogen and oxygen atoms in total. The Balaban J connectivity index is 2.52. The molecule has 1 atom stereocenters. The first-order chi connectivity index (χ1) is 16.7. The van der Waals surface area contributed by atoms with Gasteiger partial charge in [0, 0.05) is 17.0 Å². The van der Waals surface area contributed by atoms with E-state index in [9.17, 15) is 24.9 Å². The summed E-state index contributed by atoms with van der Waals surface area (Å²) in [7, 11) is 0. The van der Waals surface area contributed by atoms with E-state index in [0.717, 1.165) is 11.8 Å². The highest BCUT2D eigenvalue weighted by atomic mass is 35.5. The Labute approximate surface area is 212 Å². The molecule has 1 heterocycles. The first-order valence-electron chi connectivity index (χ1n) is 10.7. The molecule has 182 valence electrons. The van der Waals surface area contributed by atoms with Crippen molar-refractivity contribution in [2.45, 2.75) is 43.4 Å². The summed E-state index contributed by atoms with van der Waals surface area (Å²) < 4.78 is 9.84. The van der Waals surface area contributed by atoms with Crippen LogP contribution in [0.15, 0.2) is 29.3 Å². The van der Waals surface area contributed by atoms with Gasteiger partial charge in [-0.25, -0.2) is 4.98 Å². The van der Waals surface area contributed by atoms with Crippen molar-refractivity contribution in [2.24, 2.45) is 0 Å². The number of nitrogen functional groups attached to an aromatic ring is 1. The molecule has 0 aliphatic heterocycles. The largest absolute Gasteiger partial charge is 0.466 e. The van der Waals surface area contributed by atoms with Crippen LogP contribution in [-0.4, -0.2) is 41.2 Å². The number of hydrogen-bond acceptors (Lipinski definition) is 10. The van der Waals surface area contributed by atoms with Crippen LogP contribution in [-0.2, 0) is 23.9 Å². The summed E-state index contributed by atoms with van der Waals surface area (Å²) >= 11 is 6.96. The minimum atomic E-state index is -1.01. The van der Waals surface area contributed by atoms with Gasteiger partial charge in [-0.05, 0) is 31.5 Å². The zero-order valence-electron chi connectivity index (χ0n) is 19.2. The predicted molar refractivity (Wildman–Crippen MR) is 130 cm³/mol. The lowest BCUT2D eigenvalue weighted by Crippen LogP contribution is -2.24. The maximum atomic E-state index is 13.0. The fraction of sp³-hybridized carbons (Fsp3) is 0.333. The Morgan fingerprint density at radius 3 is 2.34 bits per heavy atom. The number of ether oxygens (including phenoxy) is 2. The lowest BCUT2D eigenvalue weighted by atomic mass is 9.97. The maximum absolute atomic E-state index is 13.0. The van der Waals surface area contributed by atoms with Crippen LogP contribution in [0.3, 0.4) is 0 Å². The maximum Gasteiger partial charge on any atom is 0.307 e. The van der Waals surface area contributed by atoms with E-state index in [0.29, 0.717) is 10.6 Å². The van der Waals surface area contributed by atoms with Crippen LogP contribution in [0.1, 0.15) is 44.2 Å². The molecule has 11 heteroatoms. The molecule has 1 aromatic carbocycles. The van der Waals surface area contributed by atoms with Crippen molar-refractivity contribution in [3.05, 3.63) is 40.4 Å². The number of ketones is 1. The summed E-state index contributed by atoms with van der Waals surface area (Å²) in [6, 6.07) is 10.5. The number of esters is 2. The molecule has 0 radical (unpaired) electrons. The van der Waals surface area contributed by atoms with Crippen LogP contribution >= 0.6 is 23.4 Å². The molecule has 2 aromatic rings. The summed E-state index contributed by atoms with van der Waals surface area (Å²) in [5.41, 5.74) is 6.73. The number of aromatic nitrogens is 1. The number of carbonyl (C=O) groups is 3. The van der Waals surface area contributed by atoms with Crippen molar-refractivity contribution in [2.75, 3.05) is 18.9 Å². The highest BCUT2D eigenvalue weighted by Gasteiger charge is 2.29. The van der Waals surface area contributed by atoms with E-state index in [2.05, 4.69) is 4.98 Å². The van der Waals surface area contributed by atoms with Crippen molar-refractivity contribution in [1.29, 1.82) is 10.5 Å². The number of nitriles is 2. The van der Waals surface area contributed by atoms with E-state index >= 15 is 0 Å².